The summed E-state index contributed by atoms with van der Waals surface area (Å²) < 4.78 is 11.4. The molecular formula is C19H30N2O2. The Balaban J connectivity index is 1.85. The fourth-order valence-electron chi connectivity index (χ4n) is 3.73. The van der Waals surface area contributed by atoms with Crippen molar-refractivity contribution in [2.45, 2.75) is 45.8 Å². The van der Waals surface area contributed by atoms with Gasteiger partial charge in [0, 0.05) is 37.8 Å². The first-order chi connectivity index (χ1) is 11.2. The van der Waals surface area contributed by atoms with Crippen LogP contribution in [-0.4, -0.2) is 55.8 Å². The number of rotatable bonds is 5. The van der Waals surface area contributed by atoms with Crippen LogP contribution in [0, 0.1) is 0 Å². The summed E-state index contributed by atoms with van der Waals surface area (Å²) in [4.78, 5) is 4.94. The first kappa shape index (κ1) is 16.7. The molecular weight excluding hydrogens is 288 g/mol. The fourth-order valence-corrected chi connectivity index (χ4v) is 3.73. The quantitative estimate of drug-likeness (QED) is 0.833. The van der Waals surface area contributed by atoms with E-state index in [1.54, 1.807) is 0 Å². The number of morpholine rings is 1. The van der Waals surface area contributed by atoms with E-state index in [4.69, 9.17) is 9.47 Å². The Morgan fingerprint density at radius 1 is 1.17 bits per heavy atom. The molecule has 1 aromatic rings. The van der Waals surface area contributed by atoms with E-state index in [0.717, 1.165) is 58.2 Å². The van der Waals surface area contributed by atoms with E-state index in [1.807, 2.05) is 0 Å². The number of nitrogens with zero attached hydrogens (tertiary/aromatic N) is 2. The lowest BCUT2D eigenvalue weighted by Gasteiger charge is -2.34. The Morgan fingerprint density at radius 3 is 2.65 bits per heavy atom. The van der Waals surface area contributed by atoms with E-state index in [0.29, 0.717) is 6.04 Å². The molecule has 0 bridgehead atoms. The number of hydrogen-bond donors (Lipinski definition) is 0. The van der Waals surface area contributed by atoms with E-state index in [9.17, 15) is 0 Å². The topological polar surface area (TPSA) is 24.9 Å². The van der Waals surface area contributed by atoms with Gasteiger partial charge in [-0.2, -0.15) is 0 Å². The van der Waals surface area contributed by atoms with Crippen LogP contribution in [0.25, 0.3) is 0 Å². The van der Waals surface area contributed by atoms with Crippen molar-refractivity contribution >= 4 is 0 Å². The lowest BCUT2D eigenvalue weighted by atomic mass is 9.91. The summed E-state index contributed by atoms with van der Waals surface area (Å²) in [5.41, 5.74) is 4.29. The van der Waals surface area contributed by atoms with E-state index in [2.05, 4.69) is 42.8 Å². The zero-order valence-corrected chi connectivity index (χ0v) is 14.8. The molecule has 0 spiro atoms. The van der Waals surface area contributed by atoms with Crippen LogP contribution in [0.1, 0.15) is 37.0 Å². The average molecular weight is 318 g/mol. The van der Waals surface area contributed by atoms with Crippen molar-refractivity contribution in [1.82, 2.24) is 9.80 Å². The molecule has 0 N–H and O–H groups in total. The zero-order valence-electron chi connectivity index (χ0n) is 14.8. The lowest BCUT2D eigenvalue weighted by molar-refractivity contribution is 0.0338. The molecule has 4 heteroatoms. The molecule has 0 aromatic heterocycles. The van der Waals surface area contributed by atoms with Crippen molar-refractivity contribution in [1.29, 1.82) is 0 Å². The molecule has 1 aromatic carbocycles. The first-order valence-electron chi connectivity index (χ1n) is 8.99. The minimum atomic E-state index is 0.664. The third kappa shape index (κ3) is 3.87. The second-order valence-corrected chi connectivity index (χ2v) is 6.73. The van der Waals surface area contributed by atoms with E-state index < -0.39 is 0 Å². The highest BCUT2D eigenvalue weighted by atomic mass is 16.5. The highest BCUT2D eigenvalue weighted by Crippen LogP contribution is 2.31. The Bertz CT molecular complexity index is 526. The average Bonchev–Trinajstić information content (AvgIpc) is 2.56. The molecule has 2 heterocycles. The molecule has 0 saturated carbocycles. The third-order valence-electron chi connectivity index (χ3n) is 5.15. The molecule has 1 atom stereocenters. The van der Waals surface area contributed by atoms with Gasteiger partial charge in [-0.3, -0.25) is 9.80 Å². The van der Waals surface area contributed by atoms with Gasteiger partial charge < -0.3 is 9.47 Å². The van der Waals surface area contributed by atoms with Gasteiger partial charge in [-0.15, -0.1) is 0 Å². The van der Waals surface area contributed by atoms with Crippen LogP contribution in [0.5, 0.6) is 5.75 Å². The predicted octanol–water partition coefficient (Wildman–Crippen LogP) is 2.68. The van der Waals surface area contributed by atoms with Gasteiger partial charge in [0.25, 0.3) is 0 Å². The van der Waals surface area contributed by atoms with Crippen molar-refractivity contribution < 1.29 is 9.47 Å². The molecule has 1 saturated heterocycles. The van der Waals surface area contributed by atoms with Gasteiger partial charge in [0.05, 0.1) is 19.8 Å². The van der Waals surface area contributed by atoms with Crippen LogP contribution in [0.4, 0.5) is 0 Å². The predicted molar refractivity (Wildman–Crippen MR) is 93.0 cm³/mol. The maximum absolute atomic E-state index is 5.96. The van der Waals surface area contributed by atoms with Crippen molar-refractivity contribution in [3.05, 3.63) is 28.8 Å². The molecule has 1 unspecified atom stereocenters. The second-order valence-electron chi connectivity index (χ2n) is 6.73. The van der Waals surface area contributed by atoms with Gasteiger partial charge in [-0.1, -0.05) is 13.0 Å². The van der Waals surface area contributed by atoms with Gasteiger partial charge in [0.1, 0.15) is 5.75 Å². The monoisotopic (exact) mass is 318 g/mol. The summed E-state index contributed by atoms with van der Waals surface area (Å²) in [5.74, 6) is 1.07. The number of fused-ring (bicyclic) bond motifs is 1. The minimum Gasteiger partial charge on any atom is -0.494 e. The molecule has 0 aliphatic carbocycles. The smallest absolute Gasteiger partial charge is 0.124 e. The van der Waals surface area contributed by atoms with Crippen LogP contribution >= 0.6 is 0 Å². The van der Waals surface area contributed by atoms with Gasteiger partial charge in [0.15, 0.2) is 0 Å². The normalized spacial score (nSPS) is 22.8. The van der Waals surface area contributed by atoms with Crippen LogP contribution < -0.4 is 4.74 Å². The molecule has 128 valence electrons. The van der Waals surface area contributed by atoms with E-state index >= 15 is 0 Å². The molecule has 2 aliphatic rings. The first-order valence-corrected chi connectivity index (χ1v) is 8.99. The lowest BCUT2D eigenvalue weighted by Crippen LogP contribution is -2.37. The van der Waals surface area contributed by atoms with Crippen LogP contribution in [0.15, 0.2) is 12.1 Å². The second kappa shape index (κ2) is 7.65. The van der Waals surface area contributed by atoms with Crippen molar-refractivity contribution in [2.24, 2.45) is 0 Å². The zero-order chi connectivity index (χ0) is 16.2. The highest BCUT2D eigenvalue weighted by Gasteiger charge is 2.24. The summed E-state index contributed by atoms with van der Waals surface area (Å²) in [6.07, 6.45) is 2.37. The molecule has 1 fully saturated rings. The van der Waals surface area contributed by atoms with Crippen molar-refractivity contribution in [2.75, 3.05) is 40.0 Å². The van der Waals surface area contributed by atoms with E-state index in [-0.39, 0.29) is 0 Å². The largest absolute Gasteiger partial charge is 0.494 e. The standard InChI is InChI=1S/C19H30N2O2/c1-4-18-11-15-10-17(14-21-6-8-22-9-7-21)19(23-5-2)12-16(15)13-20(18)3/h10,12,18H,4-9,11,13-14H2,1-3H3. The van der Waals surface area contributed by atoms with Crippen molar-refractivity contribution in [3.8, 4) is 5.75 Å². The number of ether oxygens (including phenoxy) is 2. The number of benzene rings is 1. The minimum absolute atomic E-state index is 0.664. The summed E-state index contributed by atoms with van der Waals surface area (Å²) in [7, 11) is 2.24. The summed E-state index contributed by atoms with van der Waals surface area (Å²) in [5, 5.41) is 0. The summed E-state index contributed by atoms with van der Waals surface area (Å²) in [6, 6.07) is 5.36. The Labute approximate surface area is 140 Å². The van der Waals surface area contributed by atoms with Crippen LogP contribution in [-0.2, 0) is 24.2 Å². The molecule has 4 nitrogen and oxygen atoms in total. The van der Waals surface area contributed by atoms with Crippen LogP contribution in [0.3, 0.4) is 0 Å². The fraction of sp³-hybridized carbons (Fsp3) is 0.684. The summed E-state index contributed by atoms with van der Waals surface area (Å²) in [6.45, 7) is 10.8. The maximum Gasteiger partial charge on any atom is 0.124 e. The van der Waals surface area contributed by atoms with E-state index in [1.165, 1.54) is 23.1 Å². The maximum atomic E-state index is 5.96. The van der Waals surface area contributed by atoms with Gasteiger partial charge >= 0.3 is 0 Å². The molecule has 3 rings (SSSR count). The Kier molecular flexibility index (Phi) is 5.57. The molecule has 2 aliphatic heterocycles. The van der Waals surface area contributed by atoms with Crippen LogP contribution in [0.2, 0.25) is 0 Å². The number of likely N-dealkylation sites (N-methyl/N-ethyl adjacent to an activating group) is 1. The van der Waals surface area contributed by atoms with Gasteiger partial charge in [-0.25, -0.2) is 0 Å². The Hall–Kier alpha value is -1.10. The van der Waals surface area contributed by atoms with Gasteiger partial charge in [-0.05, 0) is 44.0 Å². The highest BCUT2D eigenvalue weighted by molar-refractivity contribution is 5.44. The third-order valence-corrected chi connectivity index (χ3v) is 5.15. The Morgan fingerprint density at radius 2 is 1.96 bits per heavy atom. The van der Waals surface area contributed by atoms with Gasteiger partial charge in [0.2, 0.25) is 0 Å². The van der Waals surface area contributed by atoms with Crippen molar-refractivity contribution in [3.63, 3.8) is 0 Å². The summed E-state index contributed by atoms with van der Waals surface area (Å²) >= 11 is 0. The molecule has 23 heavy (non-hydrogen) atoms. The molecule has 0 radical (unpaired) electrons. The SMILES string of the molecule is CCOc1cc2c(cc1CN1CCOCC1)CC(CC)N(C)C2. The number of hydrogen-bond acceptors (Lipinski definition) is 4. The molecule has 0 amide bonds.